The molecule has 1 unspecified atom stereocenters. The summed E-state index contributed by atoms with van der Waals surface area (Å²) in [5, 5.41) is 2.64. The van der Waals surface area contributed by atoms with E-state index in [9.17, 15) is 13.6 Å². The Hall–Kier alpha value is -2.63. The lowest BCUT2D eigenvalue weighted by molar-refractivity contribution is -0.122. The van der Waals surface area contributed by atoms with Gasteiger partial charge in [0.05, 0.1) is 0 Å². The van der Waals surface area contributed by atoms with Gasteiger partial charge < -0.3 is 14.8 Å². The smallest absolute Gasteiger partial charge is 0.387 e. The fraction of sp³-hybridized carbons (Fsp3) is 0.188. The number of amides is 1. The standard InChI is InChI=1S/C16H15F2NO3/c1-11(21-13-5-3-2-4-6-13)15(20)19-12-7-9-14(10-8-12)22-16(17)18/h2-11,16H,1H3,(H,19,20). The topological polar surface area (TPSA) is 47.6 Å². The fourth-order valence-corrected chi connectivity index (χ4v) is 1.72. The monoisotopic (exact) mass is 307 g/mol. The average molecular weight is 307 g/mol. The highest BCUT2D eigenvalue weighted by Crippen LogP contribution is 2.18. The van der Waals surface area contributed by atoms with Crippen LogP contribution < -0.4 is 14.8 Å². The molecule has 0 fully saturated rings. The number of ether oxygens (including phenoxy) is 2. The van der Waals surface area contributed by atoms with Crippen LogP contribution in [0.15, 0.2) is 54.6 Å². The van der Waals surface area contributed by atoms with E-state index in [0.29, 0.717) is 11.4 Å². The van der Waals surface area contributed by atoms with E-state index in [-0.39, 0.29) is 11.7 Å². The zero-order valence-corrected chi connectivity index (χ0v) is 11.8. The first-order valence-electron chi connectivity index (χ1n) is 6.62. The lowest BCUT2D eigenvalue weighted by Crippen LogP contribution is -2.30. The van der Waals surface area contributed by atoms with Gasteiger partial charge in [-0.25, -0.2) is 0 Å². The summed E-state index contributed by atoms with van der Waals surface area (Å²) in [7, 11) is 0. The molecule has 2 aromatic carbocycles. The van der Waals surface area contributed by atoms with E-state index in [4.69, 9.17) is 4.74 Å². The SMILES string of the molecule is CC(Oc1ccccc1)C(=O)Nc1ccc(OC(F)F)cc1. The van der Waals surface area contributed by atoms with Crippen LogP contribution in [0.3, 0.4) is 0 Å². The van der Waals surface area contributed by atoms with Crippen molar-refractivity contribution in [1.29, 1.82) is 0 Å². The van der Waals surface area contributed by atoms with Crippen molar-refractivity contribution in [1.82, 2.24) is 0 Å². The number of benzene rings is 2. The third-order valence-corrected chi connectivity index (χ3v) is 2.77. The van der Waals surface area contributed by atoms with Crippen LogP contribution >= 0.6 is 0 Å². The van der Waals surface area contributed by atoms with Crippen LogP contribution in [-0.2, 0) is 4.79 Å². The molecular formula is C16H15F2NO3. The number of nitrogens with one attached hydrogen (secondary N) is 1. The van der Waals surface area contributed by atoms with E-state index >= 15 is 0 Å². The lowest BCUT2D eigenvalue weighted by atomic mass is 10.2. The first kappa shape index (κ1) is 15.8. The molecule has 22 heavy (non-hydrogen) atoms. The van der Waals surface area contributed by atoms with Gasteiger partial charge in [0.25, 0.3) is 5.91 Å². The second kappa shape index (κ2) is 7.40. The van der Waals surface area contributed by atoms with Crippen molar-refractivity contribution in [3.63, 3.8) is 0 Å². The van der Waals surface area contributed by atoms with Crippen molar-refractivity contribution in [2.45, 2.75) is 19.6 Å². The van der Waals surface area contributed by atoms with E-state index in [1.54, 1.807) is 19.1 Å². The zero-order chi connectivity index (χ0) is 15.9. The summed E-state index contributed by atoms with van der Waals surface area (Å²) in [5.41, 5.74) is 0.468. The number of hydrogen-bond donors (Lipinski definition) is 1. The predicted molar refractivity (Wildman–Crippen MR) is 78.2 cm³/mol. The molecule has 0 aliphatic rings. The number of anilines is 1. The van der Waals surface area contributed by atoms with Crippen molar-refractivity contribution < 1.29 is 23.0 Å². The maximum atomic E-state index is 12.0. The summed E-state index contributed by atoms with van der Waals surface area (Å²) in [6.07, 6.45) is -0.695. The summed E-state index contributed by atoms with van der Waals surface area (Å²) in [4.78, 5) is 12.0. The first-order chi connectivity index (χ1) is 10.5. The summed E-state index contributed by atoms with van der Waals surface area (Å²) < 4.78 is 33.8. The molecule has 0 aliphatic carbocycles. The van der Waals surface area contributed by atoms with Crippen molar-refractivity contribution in [3.8, 4) is 11.5 Å². The van der Waals surface area contributed by atoms with E-state index in [1.807, 2.05) is 18.2 Å². The normalized spacial score (nSPS) is 11.8. The molecular weight excluding hydrogens is 292 g/mol. The van der Waals surface area contributed by atoms with Crippen molar-refractivity contribution >= 4 is 11.6 Å². The van der Waals surface area contributed by atoms with Gasteiger partial charge in [-0.2, -0.15) is 8.78 Å². The van der Waals surface area contributed by atoms with Gasteiger partial charge in [-0.15, -0.1) is 0 Å². The predicted octanol–water partition coefficient (Wildman–Crippen LogP) is 3.69. The fourth-order valence-electron chi connectivity index (χ4n) is 1.72. The third-order valence-electron chi connectivity index (χ3n) is 2.77. The first-order valence-corrected chi connectivity index (χ1v) is 6.62. The molecule has 4 nitrogen and oxygen atoms in total. The summed E-state index contributed by atoms with van der Waals surface area (Å²) >= 11 is 0. The van der Waals surface area contributed by atoms with Gasteiger partial charge in [0.15, 0.2) is 6.10 Å². The Morgan fingerprint density at radius 3 is 2.14 bits per heavy atom. The van der Waals surface area contributed by atoms with Crippen LogP contribution in [0.2, 0.25) is 0 Å². The van der Waals surface area contributed by atoms with E-state index < -0.39 is 12.7 Å². The number of hydrogen-bond acceptors (Lipinski definition) is 3. The Kier molecular flexibility index (Phi) is 5.30. The highest BCUT2D eigenvalue weighted by molar-refractivity contribution is 5.94. The minimum Gasteiger partial charge on any atom is -0.481 e. The Balaban J connectivity index is 1.90. The molecule has 1 amide bonds. The molecule has 0 aliphatic heterocycles. The minimum atomic E-state index is -2.88. The van der Waals surface area contributed by atoms with Crippen LogP contribution in [0.25, 0.3) is 0 Å². The van der Waals surface area contributed by atoms with Gasteiger partial charge >= 0.3 is 6.61 Å². The molecule has 0 radical (unpaired) electrons. The Morgan fingerprint density at radius 2 is 1.55 bits per heavy atom. The number of para-hydroxylation sites is 1. The lowest BCUT2D eigenvalue weighted by Gasteiger charge is -2.15. The van der Waals surface area contributed by atoms with Crippen LogP contribution in [0.1, 0.15) is 6.92 Å². The van der Waals surface area contributed by atoms with Gasteiger partial charge in [0, 0.05) is 5.69 Å². The van der Waals surface area contributed by atoms with Crippen LogP contribution in [-0.4, -0.2) is 18.6 Å². The second-order valence-electron chi connectivity index (χ2n) is 4.47. The number of rotatable bonds is 6. The third kappa shape index (κ3) is 4.73. The zero-order valence-electron chi connectivity index (χ0n) is 11.8. The molecule has 116 valence electrons. The van der Waals surface area contributed by atoms with Crippen LogP contribution in [0.5, 0.6) is 11.5 Å². The molecule has 0 bridgehead atoms. The maximum absolute atomic E-state index is 12.0. The molecule has 2 aromatic rings. The average Bonchev–Trinajstić information content (AvgIpc) is 2.49. The van der Waals surface area contributed by atoms with E-state index in [0.717, 1.165) is 0 Å². The Bertz CT molecular complexity index is 603. The van der Waals surface area contributed by atoms with Gasteiger partial charge in [-0.3, -0.25) is 4.79 Å². The summed E-state index contributed by atoms with van der Waals surface area (Å²) in [5.74, 6) is 0.277. The minimum absolute atomic E-state index is 0.0292. The van der Waals surface area contributed by atoms with Crippen LogP contribution in [0, 0.1) is 0 Å². The number of carbonyl (C=O) groups excluding carboxylic acids is 1. The molecule has 1 atom stereocenters. The van der Waals surface area contributed by atoms with E-state index in [2.05, 4.69) is 10.1 Å². The van der Waals surface area contributed by atoms with Crippen LogP contribution in [0.4, 0.5) is 14.5 Å². The quantitative estimate of drug-likeness (QED) is 0.885. The molecule has 6 heteroatoms. The van der Waals surface area contributed by atoms with Gasteiger partial charge in [0.2, 0.25) is 0 Å². The van der Waals surface area contributed by atoms with Crippen molar-refractivity contribution in [2.75, 3.05) is 5.32 Å². The summed E-state index contributed by atoms with van der Waals surface area (Å²) in [6.45, 7) is -1.25. The van der Waals surface area contributed by atoms with Crippen molar-refractivity contribution in [2.24, 2.45) is 0 Å². The highest BCUT2D eigenvalue weighted by Gasteiger charge is 2.15. The maximum Gasteiger partial charge on any atom is 0.387 e. The number of alkyl halides is 2. The molecule has 0 aromatic heterocycles. The number of carbonyl (C=O) groups is 1. The molecule has 0 heterocycles. The Morgan fingerprint density at radius 1 is 0.955 bits per heavy atom. The molecule has 0 saturated heterocycles. The van der Waals surface area contributed by atoms with Gasteiger partial charge in [-0.05, 0) is 43.3 Å². The van der Waals surface area contributed by atoms with Crippen molar-refractivity contribution in [3.05, 3.63) is 54.6 Å². The second-order valence-corrected chi connectivity index (χ2v) is 4.47. The highest BCUT2D eigenvalue weighted by atomic mass is 19.3. The molecule has 0 spiro atoms. The van der Waals surface area contributed by atoms with Gasteiger partial charge in [0.1, 0.15) is 11.5 Å². The Labute approximate surface area is 126 Å². The van der Waals surface area contributed by atoms with Gasteiger partial charge in [-0.1, -0.05) is 18.2 Å². The van der Waals surface area contributed by atoms with E-state index in [1.165, 1.54) is 24.3 Å². The molecule has 1 N–H and O–H groups in total. The number of halogens is 2. The molecule has 2 rings (SSSR count). The molecule has 0 saturated carbocycles. The largest absolute Gasteiger partial charge is 0.481 e. The summed E-state index contributed by atoms with van der Waals surface area (Å²) in [6, 6.07) is 14.6.